The molecule has 0 aliphatic rings. The van der Waals surface area contributed by atoms with Crippen molar-refractivity contribution < 1.29 is 27.8 Å². The molecule has 164 valence electrons. The average molecular weight is 431 g/mol. The number of alkyl halides is 2. The number of hydrogen-bond acceptors (Lipinski definition) is 5. The Kier molecular flexibility index (Phi) is 7.42. The summed E-state index contributed by atoms with van der Waals surface area (Å²) in [6.07, 6.45) is 1.15. The van der Waals surface area contributed by atoms with E-state index in [2.05, 4.69) is 10.4 Å². The van der Waals surface area contributed by atoms with Crippen LogP contribution in [0.1, 0.15) is 36.4 Å². The summed E-state index contributed by atoms with van der Waals surface area (Å²) < 4.78 is 43.0. The molecule has 0 aliphatic carbocycles. The van der Waals surface area contributed by atoms with Crippen LogP contribution in [-0.2, 0) is 6.61 Å². The van der Waals surface area contributed by atoms with Crippen LogP contribution in [0.15, 0.2) is 54.7 Å². The highest BCUT2D eigenvalue weighted by Crippen LogP contribution is 2.29. The molecule has 0 unspecified atom stereocenters. The second-order valence-electron chi connectivity index (χ2n) is 6.35. The normalized spacial score (nSPS) is 10.7. The van der Waals surface area contributed by atoms with Gasteiger partial charge in [-0.1, -0.05) is 6.07 Å². The molecule has 3 rings (SSSR count). The Bertz CT molecular complexity index is 1010. The van der Waals surface area contributed by atoms with Crippen LogP contribution in [0.5, 0.6) is 17.2 Å². The van der Waals surface area contributed by atoms with E-state index in [0.717, 1.165) is 11.8 Å². The van der Waals surface area contributed by atoms with Gasteiger partial charge in [-0.05, 0) is 61.9 Å². The molecule has 9 heteroatoms. The van der Waals surface area contributed by atoms with Gasteiger partial charge in [-0.25, -0.2) is 0 Å². The molecule has 2 aromatic carbocycles. The van der Waals surface area contributed by atoms with Crippen LogP contribution >= 0.6 is 0 Å². The summed E-state index contributed by atoms with van der Waals surface area (Å²) in [7, 11) is 0. The van der Waals surface area contributed by atoms with E-state index >= 15 is 0 Å². The fraction of sp³-hybridized carbons (Fsp3) is 0.273. The van der Waals surface area contributed by atoms with Crippen molar-refractivity contribution in [1.29, 1.82) is 0 Å². The number of benzene rings is 2. The quantitative estimate of drug-likeness (QED) is 0.494. The molecular weight excluding hydrogens is 408 g/mol. The second-order valence-corrected chi connectivity index (χ2v) is 6.35. The monoisotopic (exact) mass is 431 g/mol. The van der Waals surface area contributed by atoms with Gasteiger partial charge in [0.25, 0.3) is 5.91 Å². The predicted molar refractivity (Wildman–Crippen MR) is 111 cm³/mol. The Balaban J connectivity index is 1.60. The number of amides is 1. The van der Waals surface area contributed by atoms with Gasteiger partial charge >= 0.3 is 6.55 Å². The van der Waals surface area contributed by atoms with Crippen molar-refractivity contribution in [3.8, 4) is 17.2 Å². The van der Waals surface area contributed by atoms with Gasteiger partial charge in [-0.15, -0.1) is 0 Å². The fourth-order valence-electron chi connectivity index (χ4n) is 2.83. The predicted octanol–water partition coefficient (Wildman–Crippen LogP) is 4.91. The maximum atomic E-state index is 12.9. The zero-order valence-electron chi connectivity index (χ0n) is 17.2. The molecule has 31 heavy (non-hydrogen) atoms. The van der Waals surface area contributed by atoms with Gasteiger partial charge in [0.05, 0.1) is 13.2 Å². The van der Waals surface area contributed by atoms with Crippen molar-refractivity contribution in [2.75, 3.05) is 18.5 Å². The lowest BCUT2D eigenvalue weighted by molar-refractivity contribution is 0.0520. The molecule has 0 radical (unpaired) electrons. The summed E-state index contributed by atoms with van der Waals surface area (Å²) in [6.45, 7) is 2.30. The first-order valence-corrected chi connectivity index (χ1v) is 9.76. The van der Waals surface area contributed by atoms with Crippen molar-refractivity contribution in [1.82, 2.24) is 9.78 Å². The van der Waals surface area contributed by atoms with Gasteiger partial charge in [0, 0.05) is 11.9 Å². The van der Waals surface area contributed by atoms with E-state index in [9.17, 15) is 13.6 Å². The van der Waals surface area contributed by atoms with Crippen molar-refractivity contribution in [2.24, 2.45) is 0 Å². The molecule has 0 aliphatic heterocycles. The minimum atomic E-state index is -2.89. The number of nitrogens with zero attached hydrogens (tertiary/aromatic N) is 2. The van der Waals surface area contributed by atoms with E-state index < -0.39 is 12.5 Å². The zero-order valence-corrected chi connectivity index (χ0v) is 17.2. The second kappa shape index (κ2) is 10.4. The Morgan fingerprint density at radius 1 is 1.00 bits per heavy atom. The number of carbonyl (C=O) groups is 1. The standard InChI is InChI=1S/C22H23F2N3O4/c1-3-29-19-10-5-15(13-20(19)30-4-2)14-31-17-8-6-16(7-9-17)26-21(28)18-11-12-25-27(18)22(23)24/h5-13,22H,3-4,14H2,1-2H3,(H,26,28). The highest BCUT2D eigenvalue weighted by Gasteiger charge is 2.18. The van der Waals surface area contributed by atoms with Crippen LogP contribution in [-0.4, -0.2) is 28.9 Å². The van der Waals surface area contributed by atoms with E-state index in [1.807, 2.05) is 32.0 Å². The minimum absolute atomic E-state index is 0.226. The average Bonchev–Trinajstić information content (AvgIpc) is 3.26. The summed E-state index contributed by atoms with van der Waals surface area (Å²) in [4.78, 5) is 12.2. The topological polar surface area (TPSA) is 74.6 Å². The Hall–Kier alpha value is -3.62. The Morgan fingerprint density at radius 3 is 2.39 bits per heavy atom. The third-order valence-electron chi connectivity index (χ3n) is 4.21. The molecule has 0 bridgehead atoms. The maximum Gasteiger partial charge on any atom is 0.333 e. The third-order valence-corrected chi connectivity index (χ3v) is 4.21. The molecule has 0 atom stereocenters. The van der Waals surface area contributed by atoms with Gasteiger partial charge in [0.15, 0.2) is 11.5 Å². The Labute approximate surface area is 178 Å². The number of ether oxygens (including phenoxy) is 3. The first-order chi connectivity index (χ1) is 15.0. The molecule has 1 aromatic heterocycles. The van der Waals surface area contributed by atoms with Crippen molar-refractivity contribution in [3.05, 3.63) is 66.0 Å². The fourth-order valence-corrected chi connectivity index (χ4v) is 2.83. The Morgan fingerprint density at radius 2 is 1.71 bits per heavy atom. The zero-order chi connectivity index (χ0) is 22.2. The molecular formula is C22H23F2N3O4. The number of hydrogen-bond donors (Lipinski definition) is 1. The first-order valence-electron chi connectivity index (χ1n) is 9.76. The number of rotatable bonds is 10. The molecule has 7 nitrogen and oxygen atoms in total. The van der Waals surface area contributed by atoms with Gasteiger partial charge in [-0.3, -0.25) is 4.79 Å². The summed E-state index contributed by atoms with van der Waals surface area (Å²) >= 11 is 0. The van der Waals surface area contributed by atoms with Crippen LogP contribution in [0, 0.1) is 0 Å². The third kappa shape index (κ3) is 5.71. The van der Waals surface area contributed by atoms with Crippen LogP contribution < -0.4 is 19.5 Å². The number of halogens is 2. The molecule has 0 saturated heterocycles. The number of nitrogens with one attached hydrogen (secondary N) is 1. The van der Waals surface area contributed by atoms with Crippen molar-refractivity contribution in [3.63, 3.8) is 0 Å². The number of aromatic nitrogens is 2. The summed E-state index contributed by atoms with van der Waals surface area (Å²) in [5.41, 5.74) is 1.12. The lowest BCUT2D eigenvalue weighted by Crippen LogP contribution is -2.18. The molecule has 1 N–H and O–H groups in total. The smallest absolute Gasteiger partial charge is 0.333 e. The van der Waals surface area contributed by atoms with Crippen LogP contribution in [0.25, 0.3) is 0 Å². The van der Waals surface area contributed by atoms with E-state index in [1.165, 1.54) is 6.07 Å². The summed E-state index contributed by atoms with van der Waals surface area (Å²) in [5, 5.41) is 6.01. The SMILES string of the molecule is CCOc1ccc(COc2ccc(NC(=O)c3ccnn3C(F)F)cc2)cc1OCC. The molecule has 0 spiro atoms. The van der Waals surface area contributed by atoms with Gasteiger partial charge in [0.1, 0.15) is 18.1 Å². The summed E-state index contributed by atoms with van der Waals surface area (Å²) in [6, 6.07) is 13.4. The molecule has 3 aromatic rings. The first kappa shape index (κ1) is 22.1. The van der Waals surface area contributed by atoms with Crippen molar-refractivity contribution >= 4 is 11.6 Å². The van der Waals surface area contributed by atoms with Crippen LogP contribution in [0.3, 0.4) is 0 Å². The summed E-state index contributed by atoms with van der Waals surface area (Å²) in [5.74, 6) is 1.25. The van der Waals surface area contributed by atoms with Gasteiger partial charge in [-0.2, -0.15) is 18.6 Å². The lowest BCUT2D eigenvalue weighted by atomic mass is 10.2. The van der Waals surface area contributed by atoms with E-state index in [4.69, 9.17) is 14.2 Å². The van der Waals surface area contributed by atoms with E-state index in [-0.39, 0.29) is 5.69 Å². The number of carbonyl (C=O) groups excluding carboxylic acids is 1. The van der Waals surface area contributed by atoms with Gasteiger partial charge in [0.2, 0.25) is 0 Å². The molecule has 1 amide bonds. The van der Waals surface area contributed by atoms with Crippen LogP contribution in [0.4, 0.5) is 14.5 Å². The van der Waals surface area contributed by atoms with Crippen molar-refractivity contribution in [2.45, 2.75) is 27.0 Å². The van der Waals surface area contributed by atoms with Crippen LogP contribution in [0.2, 0.25) is 0 Å². The number of anilines is 1. The molecule has 1 heterocycles. The lowest BCUT2D eigenvalue weighted by Gasteiger charge is -2.13. The molecule has 0 saturated carbocycles. The largest absolute Gasteiger partial charge is 0.490 e. The highest BCUT2D eigenvalue weighted by molar-refractivity contribution is 6.03. The van der Waals surface area contributed by atoms with E-state index in [0.29, 0.717) is 47.4 Å². The van der Waals surface area contributed by atoms with E-state index in [1.54, 1.807) is 24.3 Å². The van der Waals surface area contributed by atoms with Gasteiger partial charge < -0.3 is 19.5 Å². The maximum absolute atomic E-state index is 12.9. The highest BCUT2D eigenvalue weighted by atomic mass is 19.3. The minimum Gasteiger partial charge on any atom is -0.490 e. The molecule has 0 fully saturated rings.